The van der Waals surface area contributed by atoms with E-state index in [4.69, 9.17) is 5.73 Å². The van der Waals surface area contributed by atoms with Crippen LogP contribution in [0.15, 0.2) is 5.51 Å². The first kappa shape index (κ1) is 10.5. The highest BCUT2D eigenvalue weighted by Crippen LogP contribution is 2.36. The first-order valence-electron chi connectivity index (χ1n) is 4.52. The molecule has 0 unspecified atom stereocenters. The van der Waals surface area contributed by atoms with Crippen molar-refractivity contribution in [2.75, 3.05) is 5.73 Å². The summed E-state index contributed by atoms with van der Waals surface area (Å²) in [6.45, 7) is 6.40. The Bertz CT molecular complexity index is 466. The third kappa shape index (κ3) is 2.00. The number of thiazole rings is 1. The molecule has 0 saturated carbocycles. The molecule has 0 aromatic carbocycles. The number of nitrogens with zero attached hydrogens (tertiary/aromatic N) is 3. The largest absolute Gasteiger partial charge is 0.374 e. The van der Waals surface area contributed by atoms with Gasteiger partial charge in [-0.05, 0) is 0 Å². The molecular weight excluding hydrogens is 228 g/mol. The second-order valence-corrected chi connectivity index (χ2v) is 6.09. The molecule has 0 aliphatic carbocycles. The van der Waals surface area contributed by atoms with Crippen LogP contribution in [-0.2, 0) is 5.41 Å². The van der Waals surface area contributed by atoms with E-state index < -0.39 is 0 Å². The summed E-state index contributed by atoms with van der Waals surface area (Å²) in [5.74, 6) is 0. The number of hydrogen-bond acceptors (Lipinski definition) is 6. The lowest BCUT2D eigenvalue weighted by Crippen LogP contribution is -2.12. The number of rotatable bonds is 1. The number of anilines is 1. The first-order chi connectivity index (χ1) is 6.98. The molecule has 0 radical (unpaired) electrons. The zero-order chi connectivity index (χ0) is 11.1. The summed E-state index contributed by atoms with van der Waals surface area (Å²) in [7, 11) is 0. The van der Waals surface area contributed by atoms with Crippen molar-refractivity contribution in [3.8, 4) is 9.88 Å². The summed E-state index contributed by atoms with van der Waals surface area (Å²) < 4.78 is 0. The summed E-state index contributed by atoms with van der Waals surface area (Å²) in [6, 6.07) is 0. The van der Waals surface area contributed by atoms with Gasteiger partial charge in [-0.25, -0.2) is 4.98 Å². The van der Waals surface area contributed by atoms with Crippen LogP contribution in [0.3, 0.4) is 0 Å². The van der Waals surface area contributed by atoms with Crippen LogP contribution in [0.4, 0.5) is 5.13 Å². The molecule has 0 aliphatic rings. The molecule has 4 nitrogen and oxygen atoms in total. The monoisotopic (exact) mass is 240 g/mol. The molecule has 0 fully saturated rings. The molecule has 0 aliphatic heterocycles. The lowest BCUT2D eigenvalue weighted by atomic mass is 9.91. The summed E-state index contributed by atoms with van der Waals surface area (Å²) in [4.78, 5) is 5.47. The van der Waals surface area contributed by atoms with Crippen LogP contribution in [0.25, 0.3) is 9.88 Å². The van der Waals surface area contributed by atoms with Gasteiger partial charge in [0.15, 0.2) is 5.01 Å². The second kappa shape index (κ2) is 3.53. The maximum Gasteiger partial charge on any atom is 0.203 e. The fourth-order valence-corrected chi connectivity index (χ4v) is 2.95. The van der Waals surface area contributed by atoms with Gasteiger partial charge in [0.25, 0.3) is 0 Å². The highest BCUT2D eigenvalue weighted by molar-refractivity contribution is 7.22. The fourth-order valence-electron chi connectivity index (χ4n) is 1.26. The molecule has 80 valence electrons. The van der Waals surface area contributed by atoms with Gasteiger partial charge in [0.2, 0.25) is 5.13 Å². The smallest absolute Gasteiger partial charge is 0.203 e. The third-order valence-corrected chi connectivity index (χ3v) is 3.65. The molecule has 0 bridgehead atoms. The standard InChI is InChI=1S/C9H12N4S2/c1-9(2,3)6-5(14-4-11-6)7-12-13-8(10)15-7/h4H,1-3H3,(H2,10,13). The van der Waals surface area contributed by atoms with E-state index in [9.17, 15) is 0 Å². The van der Waals surface area contributed by atoms with Gasteiger partial charge in [0, 0.05) is 5.41 Å². The van der Waals surface area contributed by atoms with E-state index >= 15 is 0 Å². The van der Waals surface area contributed by atoms with E-state index in [1.807, 2.05) is 5.51 Å². The van der Waals surface area contributed by atoms with Gasteiger partial charge < -0.3 is 5.73 Å². The minimum Gasteiger partial charge on any atom is -0.374 e. The lowest BCUT2D eigenvalue weighted by molar-refractivity contribution is 0.574. The average Bonchev–Trinajstić information content (AvgIpc) is 2.68. The van der Waals surface area contributed by atoms with Crippen LogP contribution in [0, 0.1) is 0 Å². The Kier molecular flexibility index (Phi) is 2.47. The quantitative estimate of drug-likeness (QED) is 0.832. The Hall–Kier alpha value is -1.01. The first-order valence-corrected chi connectivity index (χ1v) is 6.21. The van der Waals surface area contributed by atoms with E-state index in [-0.39, 0.29) is 5.41 Å². The molecule has 0 saturated heterocycles. The van der Waals surface area contributed by atoms with E-state index in [0.29, 0.717) is 5.13 Å². The van der Waals surface area contributed by atoms with Crippen molar-refractivity contribution in [2.45, 2.75) is 26.2 Å². The molecule has 0 amide bonds. The summed E-state index contributed by atoms with van der Waals surface area (Å²) >= 11 is 2.99. The Balaban J connectivity index is 2.50. The number of aromatic nitrogens is 3. The van der Waals surface area contributed by atoms with Crippen molar-refractivity contribution >= 4 is 27.8 Å². The van der Waals surface area contributed by atoms with Gasteiger partial charge in [0.1, 0.15) is 0 Å². The fraction of sp³-hybridized carbons (Fsp3) is 0.444. The second-order valence-electron chi connectivity index (χ2n) is 4.23. The van der Waals surface area contributed by atoms with E-state index in [1.165, 1.54) is 11.3 Å². The van der Waals surface area contributed by atoms with Crippen LogP contribution in [0.1, 0.15) is 26.5 Å². The summed E-state index contributed by atoms with van der Waals surface area (Å²) in [6.07, 6.45) is 0. The topological polar surface area (TPSA) is 64.7 Å². The zero-order valence-electron chi connectivity index (χ0n) is 8.81. The van der Waals surface area contributed by atoms with Crippen molar-refractivity contribution in [1.29, 1.82) is 0 Å². The maximum atomic E-state index is 5.57. The van der Waals surface area contributed by atoms with Gasteiger partial charge in [0.05, 0.1) is 16.1 Å². The normalized spacial score (nSPS) is 11.9. The molecule has 0 spiro atoms. The Morgan fingerprint density at radius 3 is 2.53 bits per heavy atom. The SMILES string of the molecule is CC(C)(C)c1ncsc1-c1nnc(N)s1. The van der Waals surface area contributed by atoms with Crippen molar-refractivity contribution < 1.29 is 0 Å². The maximum absolute atomic E-state index is 5.57. The van der Waals surface area contributed by atoms with Gasteiger partial charge in [-0.1, -0.05) is 32.1 Å². The van der Waals surface area contributed by atoms with Gasteiger partial charge in [-0.15, -0.1) is 21.5 Å². The van der Waals surface area contributed by atoms with Crippen LogP contribution >= 0.6 is 22.7 Å². The third-order valence-electron chi connectivity index (χ3n) is 1.91. The molecule has 15 heavy (non-hydrogen) atoms. The predicted octanol–water partition coefficient (Wildman–Crippen LogP) is 2.54. The van der Waals surface area contributed by atoms with E-state index in [0.717, 1.165) is 15.6 Å². The zero-order valence-corrected chi connectivity index (χ0v) is 10.4. The van der Waals surface area contributed by atoms with Crippen molar-refractivity contribution in [2.24, 2.45) is 0 Å². The molecule has 6 heteroatoms. The van der Waals surface area contributed by atoms with Crippen LogP contribution < -0.4 is 5.73 Å². The van der Waals surface area contributed by atoms with Gasteiger partial charge in [-0.2, -0.15) is 0 Å². The van der Waals surface area contributed by atoms with Crippen molar-refractivity contribution in [3.63, 3.8) is 0 Å². The molecule has 2 rings (SSSR count). The highest BCUT2D eigenvalue weighted by Gasteiger charge is 2.23. The Morgan fingerprint density at radius 1 is 1.27 bits per heavy atom. The summed E-state index contributed by atoms with van der Waals surface area (Å²) in [5, 5.41) is 9.23. The molecule has 2 N–H and O–H groups in total. The number of nitrogens with two attached hydrogens (primary N) is 1. The van der Waals surface area contributed by atoms with E-state index in [2.05, 4.69) is 36.0 Å². The van der Waals surface area contributed by atoms with Crippen molar-refractivity contribution in [1.82, 2.24) is 15.2 Å². The van der Waals surface area contributed by atoms with Crippen LogP contribution in [-0.4, -0.2) is 15.2 Å². The molecular formula is C9H12N4S2. The summed E-state index contributed by atoms with van der Waals surface area (Å²) in [5.41, 5.74) is 8.50. The number of nitrogen functional groups attached to an aromatic ring is 1. The Morgan fingerprint density at radius 2 is 2.00 bits per heavy atom. The highest BCUT2D eigenvalue weighted by atomic mass is 32.1. The predicted molar refractivity (Wildman–Crippen MR) is 64.1 cm³/mol. The number of hydrogen-bond donors (Lipinski definition) is 1. The van der Waals surface area contributed by atoms with Crippen LogP contribution in [0.2, 0.25) is 0 Å². The average molecular weight is 240 g/mol. The Labute approximate surface area is 96.2 Å². The lowest BCUT2D eigenvalue weighted by Gasteiger charge is -2.16. The van der Waals surface area contributed by atoms with Crippen molar-refractivity contribution in [3.05, 3.63) is 11.2 Å². The van der Waals surface area contributed by atoms with Gasteiger partial charge >= 0.3 is 0 Å². The minimum absolute atomic E-state index is 0.0236. The molecule has 2 aromatic heterocycles. The van der Waals surface area contributed by atoms with Gasteiger partial charge in [-0.3, -0.25) is 0 Å². The minimum atomic E-state index is 0.0236. The molecule has 2 aromatic rings. The molecule has 2 heterocycles. The van der Waals surface area contributed by atoms with E-state index in [1.54, 1.807) is 11.3 Å². The van der Waals surface area contributed by atoms with Crippen LogP contribution in [0.5, 0.6) is 0 Å². The molecule has 0 atom stereocenters.